The van der Waals surface area contributed by atoms with Gasteiger partial charge in [-0.25, -0.2) is 9.59 Å². The van der Waals surface area contributed by atoms with Gasteiger partial charge in [-0.15, -0.1) is 0 Å². The Morgan fingerprint density at radius 3 is 1.93 bits per heavy atom. The number of benzene rings is 2. The van der Waals surface area contributed by atoms with Crippen LogP contribution in [0.4, 0.5) is 4.79 Å². The lowest BCUT2D eigenvalue weighted by molar-refractivity contribution is -0.171. The molecule has 2 heterocycles. The van der Waals surface area contributed by atoms with Gasteiger partial charge in [-0.3, -0.25) is 0 Å². The summed E-state index contributed by atoms with van der Waals surface area (Å²) in [5, 5.41) is 11.6. The van der Waals surface area contributed by atoms with Gasteiger partial charge < -0.3 is 19.5 Å². The van der Waals surface area contributed by atoms with Gasteiger partial charge in [0, 0.05) is 24.9 Å². The van der Waals surface area contributed by atoms with Gasteiger partial charge in [-0.2, -0.15) is 0 Å². The van der Waals surface area contributed by atoms with Crippen LogP contribution in [0.3, 0.4) is 0 Å². The van der Waals surface area contributed by atoms with Crippen LogP contribution in [0.1, 0.15) is 43.7 Å². The summed E-state index contributed by atoms with van der Waals surface area (Å²) in [5.41, 5.74) is -0.957. The van der Waals surface area contributed by atoms with Crippen molar-refractivity contribution in [1.29, 1.82) is 0 Å². The smallest absolute Gasteiger partial charge is 0.410 e. The number of piperidine rings is 1. The second-order valence-electron chi connectivity index (χ2n) is 7.93. The Labute approximate surface area is 176 Å². The lowest BCUT2D eigenvalue weighted by Gasteiger charge is -2.38. The molecule has 1 N–H and O–H groups in total. The van der Waals surface area contributed by atoms with Crippen molar-refractivity contribution in [3.8, 4) is 0 Å². The monoisotopic (exact) mass is 409 g/mol. The van der Waals surface area contributed by atoms with Gasteiger partial charge in [0.2, 0.25) is 5.60 Å². The largest absolute Gasteiger partial charge is 0.460 e. The van der Waals surface area contributed by atoms with E-state index in [0.717, 1.165) is 12.8 Å². The number of carbonyl (C=O) groups excluding carboxylic acids is 2. The summed E-state index contributed by atoms with van der Waals surface area (Å²) in [6, 6.07) is 17.7. The van der Waals surface area contributed by atoms with Crippen molar-refractivity contribution in [3.05, 3.63) is 71.8 Å². The Morgan fingerprint density at radius 2 is 1.47 bits per heavy atom. The molecule has 0 aliphatic carbocycles. The fourth-order valence-electron chi connectivity index (χ4n) is 4.72. The fourth-order valence-corrected chi connectivity index (χ4v) is 4.72. The highest BCUT2D eigenvalue weighted by atomic mass is 16.6. The predicted octanol–water partition coefficient (Wildman–Crippen LogP) is 3.62. The average Bonchev–Trinajstić information content (AvgIpc) is 3.05. The number of nitrogens with zero attached hydrogens (tertiary/aromatic N) is 1. The maximum Gasteiger partial charge on any atom is 0.410 e. The number of hydrogen-bond donors (Lipinski definition) is 1. The van der Waals surface area contributed by atoms with E-state index in [4.69, 9.17) is 9.47 Å². The Hall–Kier alpha value is -2.86. The zero-order valence-electron chi connectivity index (χ0n) is 17.1. The minimum absolute atomic E-state index is 0.00198. The molecule has 1 amide bonds. The third-order valence-corrected chi connectivity index (χ3v) is 6.12. The molecular formula is C24H27NO5. The predicted molar refractivity (Wildman–Crippen MR) is 111 cm³/mol. The van der Waals surface area contributed by atoms with E-state index in [1.54, 1.807) is 60.4 Å². The zero-order valence-corrected chi connectivity index (χ0v) is 17.1. The van der Waals surface area contributed by atoms with Gasteiger partial charge in [0.25, 0.3) is 0 Å². The molecule has 0 unspecified atom stereocenters. The molecule has 2 atom stereocenters. The van der Waals surface area contributed by atoms with Crippen molar-refractivity contribution in [2.75, 3.05) is 6.61 Å². The van der Waals surface area contributed by atoms with Crippen LogP contribution in [0.2, 0.25) is 0 Å². The topological polar surface area (TPSA) is 76.1 Å². The number of hydrogen-bond acceptors (Lipinski definition) is 5. The zero-order chi connectivity index (χ0) is 21.1. The number of carbonyl (C=O) groups is 2. The van der Waals surface area contributed by atoms with Crippen LogP contribution in [0.15, 0.2) is 60.7 Å². The molecule has 0 radical (unpaired) electrons. The number of amides is 1. The van der Waals surface area contributed by atoms with Crippen molar-refractivity contribution in [3.63, 3.8) is 0 Å². The van der Waals surface area contributed by atoms with Crippen LogP contribution >= 0.6 is 0 Å². The number of ether oxygens (including phenoxy) is 2. The van der Waals surface area contributed by atoms with Gasteiger partial charge in [0.1, 0.15) is 6.10 Å². The van der Waals surface area contributed by atoms with E-state index in [2.05, 4.69) is 0 Å². The molecular weight excluding hydrogens is 382 g/mol. The van der Waals surface area contributed by atoms with E-state index in [9.17, 15) is 14.7 Å². The first kappa shape index (κ1) is 20.4. The highest BCUT2D eigenvalue weighted by molar-refractivity contribution is 5.85. The summed E-state index contributed by atoms with van der Waals surface area (Å²) in [4.78, 5) is 27.4. The second kappa shape index (κ2) is 8.48. The molecule has 6 nitrogen and oxygen atoms in total. The van der Waals surface area contributed by atoms with Crippen LogP contribution < -0.4 is 0 Å². The second-order valence-corrected chi connectivity index (χ2v) is 7.93. The average molecular weight is 409 g/mol. The van der Waals surface area contributed by atoms with Crippen molar-refractivity contribution >= 4 is 12.1 Å². The molecule has 158 valence electrons. The Bertz CT molecular complexity index is 831. The summed E-state index contributed by atoms with van der Waals surface area (Å²) in [7, 11) is 0. The Kier molecular flexibility index (Phi) is 5.77. The first-order chi connectivity index (χ1) is 14.5. The molecule has 2 aliphatic rings. The summed E-state index contributed by atoms with van der Waals surface area (Å²) in [6.45, 7) is 2.14. The lowest BCUT2D eigenvalue weighted by Crippen LogP contribution is -2.50. The number of rotatable bonds is 5. The van der Waals surface area contributed by atoms with E-state index in [0.29, 0.717) is 30.6 Å². The van der Waals surface area contributed by atoms with Gasteiger partial charge in [-0.05, 0) is 30.9 Å². The number of aliphatic hydroxyl groups is 1. The maximum absolute atomic E-state index is 13.3. The van der Waals surface area contributed by atoms with Crippen LogP contribution in [0.5, 0.6) is 0 Å². The van der Waals surface area contributed by atoms with Crippen molar-refractivity contribution < 1.29 is 24.2 Å². The lowest BCUT2D eigenvalue weighted by atomic mass is 9.86. The minimum atomic E-state index is -1.89. The minimum Gasteiger partial charge on any atom is -0.460 e. The highest BCUT2D eigenvalue weighted by Gasteiger charge is 2.48. The summed E-state index contributed by atoms with van der Waals surface area (Å²) in [5.74, 6) is -0.686. The molecule has 0 saturated carbocycles. The van der Waals surface area contributed by atoms with E-state index in [1.165, 1.54) is 0 Å². The number of fused-ring (bicyclic) bond motifs is 2. The first-order valence-corrected chi connectivity index (χ1v) is 10.5. The first-order valence-electron chi connectivity index (χ1n) is 10.5. The van der Waals surface area contributed by atoms with Gasteiger partial charge in [0.15, 0.2) is 0 Å². The van der Waals surface area contributed by atoms with Crippen molar-refractivity contribution in [1.82, 2.24) is 4.90 Å². The molecule has 2 aliphatic heterocycles. The normalized spacial score (nSPS) is 23.1. The molecule has 4 rings (SSSR count). The summed E-state index contributed by atoms with van der Waals surface area (Å²) in [6.07, 6.45) is 2.22. The molecule has 0 aromatic heterocycles. The molecule has 2 saturated heterocycles. The fraction of sp³-hybridized carbons (Fsp3) is 0.417. The van der Waals surface area contributed by atoms with E-state index >= 15 is 0 Å². The van der Waals surface area contributed by atoms with Gasteiger partial charge in [0.05, 0.1) is 6.61 Å². The standard InChI is InChI=1S/C24H27NO5/c1-2-29-23(27)25-19-13-14-20(25)16-21(15-19)30-22(26)24(28,17-9-5-3-6-10-17)18-11-7-4-8-12-18/h3-12,19-21,28H,2,13-16H2,1H3/t19-,20-/m1/s1. The molecule has 2 fully saturated rings. The van der Waals surface area contributed by atoms with Gasteiger partial charge >= 0.3 is 12.1 Å². The van der Waals surface area contributed by atoms with Gasteiger partial charge in [-0.1, -0.05) is 60.7 Å². The van der Waals surface area contributed by atoms with Crippen molar-refractivity contribution in [2.24, 2.45) is 0 Å². The van der Waals surface area contributed by atoms with E-state index < -0.39 is 11.6 Å². The molecule has 2 bridgehead atoms. The van der Waals surface area contributed by atoms with Crippen LogP contribution in [0.25, 0.3) is 0 Å². The SMILES string of the molecule is CCOC(=O)N1[C@@H]2CC[C@@H]1CC(OC(=O)C(O)(c1ccccc1)c1ccccc1)C2. The van der Waals surface area contributed by atoms with E-state index in [-0.39, 0.29) is 24.3 Å². The third-order valence-electron chi connectivity index (χ3n) is 6.12. The molecule has 2 aromatic rings. The summed E-state index contributed by atoms with van der Waals surface area (Å²) >= 11 is 0. The van der Waals surface area contributed by atoms with Crippen molar-refractivity contribution in [2.45, 2.75) is 56.4 Å². The summed E-state index contributed by atoms with van der Waals surface area (Å²) < 4.78 is 11.1. The molecule has 2 aromatic carbocycles. The molecule has 6 heteroatoms. The van der Waals surface area contributed by atoms with Crippen LogP contribution in [-0.4, -0.2) is 46.9 Å². The quantitative estimate of drug-likeness (QED) is 0.764. The Morgan fingerprint density at radius 1 is 0.967 bits per heavy atom. The van der Waals surface area contributed by atoms with Crippen LogP contribution in [0, 0.1) is 0 Å². The highest BCUT2D eigenvalue weighted by Crippen LogP contribution is 2.39. The van der Waals surface area contributed by atoms with Crippen LogP contribution in [-0.2, 0) is 19.9 Å². The Balaban J connectivity index is 1.54. The maximum atomic E-state index is 13.3. The molecule has 0 spiro atoms. The van der Waals surface area contributed by atoms with E-state index in [1.807, 2.05) is 12.1 Å². The molecule has 30 heavy (non-hydrogen) atoms. The third kappa shape index (κ3) is 3.67. The number of esters is 1.